The number of rotatable bonds is 5. The Morgan fingerprint density at radius 1 is 1.08 bits per heavy atom. The number of esters is 1. The lowest BCUT2D eigenvalue weighted by atomic mass is 10.00. The van der Waals surface area contributed by atoms with E-state index in [2.05, 4.69) is 0 Å². The third-order valence-electron chi connectivity index (χ3n) is 3.77. The summed E-state index contributed by atoms with van der Waals surface area (Å²) >= 11 is 5.79. The lowest BCUT2D eigenvalue weighted by Crippen LogP contribution is -2.17. The Hall–Kier alpha value is -2.79. The summed E-state index contributed by atoms with van der Waals surface area (Å²) in [6.07, 6.45) is 0. The third-order valence-corrected chi connectivity index (χ3v) is 4.02. The van der Waals surface area contributed by atoms with Gasteiger partial charge in [-0.1, -0.05) is 25.4 Å². The quantitative estimate of drug-likeness (QED) is 0.373. The van der Waals surface area contributed by atoms with Gasteiger partial charge >= 0.3 is 11.6 Å². The monoisotopic (exact) mass is 372 g/mol. The molecular weight excluding hydrogens is 356 g/mol. The van der Waals surface area contributed by atoms with Crippen molar-refractivity contribution in [2.45, 2.75) is 19.8 Å². The second-order valence-electron chi connectivity index (χ2n) is 6.05. The lowest BCUT2D eigenvalue weighted by Gasteiger charge is -2.10. The molecule has 0 saturated carbocycles. The van der Waals surface area contributed by atoms with Crippen molar-refractivity contribution in [2.75, 3.05) is 6.61 Å². The molecule has 1 aromatic heterocycles. The molecule has 26 heavy (non-hydrogen) atoms. The minimum absolute atomic E-state index is 0.169. The van der Waals surface area contributed by atoms with E-state index in [1.165, 1.54) is 12.1 Å². The minimum atomic E-state index is -0.568. The summed E-state index contributed by atoms with van der Waals surface area (Å²) in [6, 6.07) is 13.1. The first-order valence-corrected chi connectivity index (χ1v) is 8.47. The van der Waals surface area contributed by atoms with Gasteiger partial charge < -0.3 is 13.9 Å². The SMILES string of the molecule is CC(C)c1cc(=O)oc2cc(OC(=O)COc3ccc(Cl)cc3)ccc12. The van der Waals surface area contributed by atoms with Crippen LogP contribution < -0.4 is 15.1 Å². The first kappa shape index (κ1) is 18.0. The summed E-state index contributed by atoms with van der Waals surface area (Å²) in [5.74, 6) is 0.396. The smallest absolute Gasteiger partial charge is 0.349 e. The van der Waals surface area contributed by atoms with Crippen LogP contribution in [0.3, 0.4) is 0 Å². The molecule has 2 aromatic carbocycles. The van der Waals surface area contributed by atoms with Crippen LogP contribution in [0.15, 0.2) is 57.7 Å². The fraction of sp³-hybridized carbons (Fsp3) is 0.200. The predicted molar refractivity (Wildman–Crippen MR) is 99.2 cm³/mol. The Morgan fingerprint density at radius 3 is 2.46 bits per heavy atom. The highest BCUT2D eigenvalue weighted by Crippen LogP contribution is 2.27. The highest BCUT2D eigenvalue weighted by molar-refractivity contribution is 6.30. The molecule has 0 spiro atoms. The molecule has 0 aliphatic carbocycles. The number of benzene rings is 2. The van der Waals surface area contributed by atoms with Crippen molar-refractivity contribution in [3.8, 4) is 11.5 Å². The van der Waals surface area contributed by atoms with Crippen molar-refractivity contribution in [1.82, 2.24) is 0 Å². The van der Waals surface area contributed by atoms with Gasteiger partial charge in [-0.3, -0.25) is 0 Å². The van der Waals surface area contributed by atoms with Crippen LogP contribution >= 0.6 is 11.6 Å². The summed E-state index contributed by atoms with van der Waals surface area (Å²) in [5.41, 5.74) is 0.834. The summed E-state index contributed by atoms with van der Waals surface area (Å²) in [5, 5.41) is 1.40. The van der Waals surface area contributed by atoms with Crippen LogP contribution in [0, 0.1) is 0 Å². The van der Waals surface area contributed by atoms with Gasteiger partial charge in [0.1, 0.15) is 17.1 Å². The maximum absolute atomic E-state index is 12.0. The summed E-state index contributed by atoms with van der Waals surface area (Å²) < 4.78 is 15.8. The molecular formula is C20H17ClO5. The maximum Gasteiger partial charge on any atom is 0.349 e. The first-order chi connectivity index (χ1) is 12.4. The van der Waals surface area contributed by atoms with Crippen LogP contribution in [0.5, 0.6) is 11.5 Å². The molecule has 0 radical (unpaired) electrons. The highest BCUT2D eigenvalue weighted by atomic mass is 35.5. The number of hydrogen-bond acceptors (Lipinski definition) is 5. The van der Waals surface area contributed by atoms with Crippen LogP contribution in [0.4, 0.5) is 0 Å². The molecule has 134 valence electrons. The second-order valence-corrected chi connectivity index (χ2v) is 6.49. The summed E-state index contributed by atoms with van der Waals surface area (Å²) in [7, 11) is 0. The Morgan fingerprint density at radius 2 is 1.77 bits per heavy atom. The van der Waals surface area contributed by atoms with Gasteiger partial charge in [-0.15, -0.1) is 0 Å². The van der Waals surface area contributed by atoms with Gasteiger partial charge in [-0.25, -0.2) is 9.59 Å². The zero-order valence-corrected chi connectivity index (χ0v) is 15.1. The van der Waals surface area contributed by atoms with Crippen molar-refractivity contribution in [3.05, 3.63) is 69.5 Å². The molecule has 0 aliphatic heterocycles. The number of carbonyl (C=O) groups is 1. The number of fused-ring (bicyclic) bond motifs is 1. The van der Waals surface area contributed by atoms with E-state index in [1.54, 1.807) is 36.4 Å². The van der Waals surface area contributed by atoms with Gasteiger partial charge in [-0.2, -0.15) is 0 Å². The highest BCUT2D eigenvalue weighted by Gasteiger charge is 2.12. The fourth-order valence-electron chi connectivity index (χ4n) is 2.54. The Labute approximate surface area is 155 Å². The van der Waals surface area contributed by atoms with E-state index in [0.29, 0.717) is 16.4 Å². The van der Waals surface area contributed by atoms with Crippen molar-refractivity contribution in [2.24, 2.45) is 0 Å². The van der Waals surface area contributed by atoms with Crippen molar-refractivity contribution in [1.29, 1.82) is 0 Å². The molecule has 0 unspecified atom stereocenters. The summed E-state index contributed by atoms with van der Waals surface area (Å²) in [4.78, 5) is 23.7. The van der Waals surface area contributed by atoms with Crippen LogP contribution in [0.2, 0.25) is 5.02 Å². The van der Waals surface area contributed by atoms with Crippen LogP contribution in [0.25, 0.3) is 11.0 Å². The molecule has 5 nitrogen and oxygen atoms in total. The molecule has 3 aromatic rings. The van der Waals surface area contributed by atoms with Crippen LogP contribution in [0.1, 0.15) is 25.3 Å². The molecule has 1 heterocycles. The second kappa shape index (κ2) is 7.62. The van der Waals surface area contributed by atoms with Gasteiger partial charge in [0, 0.05) is 22.5 Å². The minimum Gasteiger partial charge on any atom is -0.482 e. The normalized spacial score (nSPS) is 10.9. The molecule has 0 atom stereocenters. The molecule has 0 aliphatic rings. The van der Waals surface area contributed by atoms with Crippen LogP contribution in [-0.2, 0) is 4.79 Å². The van der Waals surface area contributed by atoms with E-state index in [0.717, 1.165) is 10.9 Å². The van der Waals surface area contributed by atoms with E-state index in [-0.39, 0.29) is 18.3 Å². The summed E-state index contributed by atoms with van der Waals surface area (Å²) in [6.45, 7) is 3.74. The van der Waals surface area contributed by atoms with Crippen molar-refractivity contribution in [3.63, 3.8) is 0 Å². The van der Waals surface area contributed by atoms with E-state index >= 15 is 0 Å². The van der Waals surface area contributed by atoms with Gasteiger partial charge in [0.15, 0.2) is 6.61 Å². The number of carbonyl (C=O) groups excluding carboxylic acids is 1. The van der Waals surface area contributed by atoms with E-state index in [9.17, 15) is 9.59 Å². The maximum atomic E-state index is 12.0. The average molecular weight is 373 g/mol. The van der Waals surface area contributed by atoms with Crippen molar-refractivity contribution < 1.29 is 18.7 Å². The average Bonchev–Trinajstić information content (AvgIpc) is 2.60. The molecule has 0 N–H and O–H groups in total. The number of halogens is 1. The Kier molecular flexibility index (Phi) is 5.28. The first-order valence-electron chi connectivity index (χ1n) is 8.09. The molecule has 0 amide bonds. The fourth-order valence-corrected chi connectivity index (χ4v) is 2.67. The van der Waals surface area contributed by atoms with Gasteiger partial charge in [0.05, 0.1) is 0 Å². The van der Waals surface area contributed by atoms with Gasteiger partial charge in [-0.05, 0) is 47.9 Å². The third kappa shape index (κ3) is 4.24. The largest absolute Gasteiger partial charge is 0.482 e. The standard InChI is InChI=1S/C20H17ClO5/c1-12(2)17-10-19(22)26-18-9-15(7-8-16(17)18)25-20(23)11-24-14-5-3-13(21)4-6-14/h3-10,12H,11H2,1-2H3. The van der Waals surface area contributed by atoms with E-state index in [4.69, 9.17) is 25.5 Å². The molecule has 0 saturated heterocycles. The number of ether oxygens (including phenoxy) is 2. The topological polar surface area (TPSA) is 65.7 Å². The molecule has 0 bridgehead atoms. The lowest BCUT2D eigenvalue weighted by molar-refractivity contribution is -0.136. The number of hydrogen-bond donors (Lipinski definition) is 0. The van der Waals surface area contributed by atoms with Gasteiger partial charge in [0.2, 0.25) is 0 Å². The molecule has 0 fully saturated rings. The van der Waals surface area contributed by atoms with Crippen molar-refractivity contribution >= 4 is 28.5 Å². The van der Waals surface area contributed by atoms with Crippen LogP contribution in [-0.4, -0.2) is 12.6 Å². The molecule has 3 rings (SSSR count). The molecule has 6 heteroatoms. The Bertz CT molecular complexity index is 989. The predicted octanol–water partition coefficient (Wildman–Crippen LogP) is 4.55. The Balaban J connectivity index is 1.73. The van der Waals surface area contributed by atoms with E-state index < -0.39 is 11.6 Å². The van der Waals surface area contributed by atoms with Gasteiger partial charge in [0.25, 0.3) is 0 Å². The zero-order valence-electron chi connectivity index (χ0n) is 14.3. The zero-order chi connectivity index (χ0) is 18.7. The van der Waals surface area contributed by atoms with E-state index in [1.807, 2.05) is 13.8 Å².